The first-order chi connectivity index (χ1) is 15.1. The van der Waals surface area contributed by atoms with Crippen molar-refractivity contribution in [1.29, 1.82) is 0 Å². The minimum absolute atomic E-state index is 0.133. The summed E-state index contributed by atoms with van der Waals surface area (Å²) in [4.78, 5) is 12.9. The van der Waals surface area contributed by atoms with Gasteiger partial charge in [-0.15, -0.1) is 10.2 Å². The monoisotopic (exact) mass is 435 g/mol. The number of carbonyl (C=O) groups excluding carboxylic acids is 1. The predicted molar refractivity (Wildman–Crippen MR) is 118 cm³/mol. The van der Waals surface area contributed by atoms with Gasteiger partial charge in [-0.3, -0.25) is 4.79 Å². The Morgan fingerprint density at radius 2 is 1.94 bits per heavy atom. The lowest BCUT2D eigenvalue weighted by Gasteiger charge is -2.14. The van der Waals surface area contributed by atoms with Crippen molar-refractivity contribution in [1.82, 2.24) is 35.7 Å². The zero-order valence-corrected chi connectivity index (χ0v) is 17.8. The Hall–Kier alpha value is -3.52. The van der Waals surface area contributed by atoms with E-state index in [9.17, 15) is 4.79 Å². The van der Waals surface area contributed by atoms with Gasteiger partial charge in [-0.2, -0.15) is 10.3 Å². The molecule has 0 radical (unpaired) electrons. The molecular weight excluding hydrogens is 414 g/mol. The molecular formula is C22H22ClN7O. The summed E-state index contributed by atoms with van der Waals surface area (Å²) in [7, 11) is 0. The Bertz CT molecular complexity index is 1120. The van der Waals surface area contributed by atoms with Crippen molar-refractivity contribution in [3.05, 3.63) is 77.2 Å². The van der Waals surface area contributed by atoms with E-state index in [1.165, 1.54) is 0 Å². The summed E-state index contributed by atoms with van der Waals surface area (Å²) in [5, 5.41) is 22.5. The van der Waals surface area contributed by atoms with E-state index >= 15 is 0 Å². The molecule has 4 rings (SSSR count). The molecule has 0 saturated carbocycles. The van der Waals surface area contributed by atoms with Gasteiger partial charge in [-0.05, 0) is 30.7 Å². The van der Waals surface area contributed by atoms with Crippen LogP contribution in [0.4, 0.5) is 0 Å². The number of amides is 1. The summed E-state index contributed by atoms with van der Waals surface area (Å²) < 4.78 is 1.79. The number of benzene rings is 2. The standard InChI is InChI=1S/C22H22ClN7O/c1-2-6-19(22-25-28-29-26-22)24-20(31)13-16-14-30(18-7-4-3-5-8-18)27-21(16)15-9-11-17(23)12-10-15/h3-5,7-12,14,19H,2,6,13H2,1H3,(H,24,31)(H,25,26,28,29)/t19-/m1/s1. The Morgan fingerprint density at radius 1 is 1.16 bits per heavy atom. The van der Waals surface area contributed by atoms with Crippen LogP contribution in [0.3, 0.4) is 0 Å². The molecule has 0 aliphatic rings. The number of hydrogen-bond donors (Lipinski definition) is 2. The first kappa shape index (κ1) is 20.7. The molecule has 0 bridgehead atoms. The summed E-state index contributed by atoms with van der Waals surface area (Å²) in [5.74, 6) is 0.346. The molecule has 0 aliphatic carbocycles. The van der Waals surface area contributed by atoms with Crippen LogP contribution in [0.1, 0.15) is 37.2 Å². The van der Waals surface area contributed by atoms with Gasteiger partial charge in [0.1, 0.15) is 0 Å². The van der Waals surface area contributed by atoms with E-state index in [2.05, 4.69) is 25.9 Å². The number of hydrogen-bond acceptors (Lipinski definition) is 5. The van der Waals surface area contributed by atoms with Gasteiger partial charge in [0.05, 0.1) is 23.8 Å². The number of rotatable bonds is 8. The maximum Gasteiger partial charge on any atom is 0.225 e. The highest BCUT2D eigenvalue weighted by atomic mass is 35.5. The summed E-state index contributed by atoms with van der Waals surface area (Å²) in [6, 6.07) is 16.9. The van der Waals surface area contributed by atoms with E-state index in [1.54, 1.807) is 4.68 Å². The molecule has 0 spiro atoms. The fraction of sp³-hybridized carbons (Fsp3) is 0.227. The molecule has 31 heavy (non-hydrogen) atoms. The zero-order chi connectivity index (χ0) is 21.6. The molecule has 0 saturated heterocycles. The van der Waals surface area contributed by atoms with Crippen molar-refractivity contribution in [2.45, 2.75) is 32.2 Å². The second-order valence-corrected chi connectivity index (χ2v) is 7.58. The SMILES string of the molecule is CCC[C@@H](NC(=O)Cc1cn(-c2ccccc2)nc1-c1ccc(Cl)cc1)c1nn[nH]n1. The van der Waals surface area contributed by atoms with E-state index in [0.29, 0.717) is 10.8 Å². The van der Waals surface area contributed by atoms with Gasteiger partial charge >= 0.3 is 0 Å². The van der Waals surface area contributed by atoms with Crippen molar-refractivity contribution in [2.24, 2.45) is 0 Å². The van der Waals surface area contributed by atoms with Gasteiger partial charge < -0.3 is 5.32 Å². The lowest BCUT2D eigenvalue weighted by Crippen LogP contribution is -2.30. The normalized spacial score (nSPS) is 11.9. The number of aromatic nitrogens is 6. The molecule has 158 valence electrons. The number of nitrogens with zero attached hydrogens (tertiary/aromatic N) is 5. The zero-order valence-electron chi connectivity index (χ0n) is 17.0. The number of tetrazole rings is 1. The first-order valence-corrected chi connectivity index (χ1v) is 10.4. The molecule has 9 heteroatoms. The second kappa shape index (κ2) is 9.53. The Balaban J connectivity index is 1.62. The van der Waals surface area contributed by atoms with Gasteiger partial charge in [-0.1, -0.05) is 60.5 Å². The van der Waals surface area contributed by atoms with E-state index in [-0.39, 0.29) is 18.4 Å². The molecule has 0 fully saturated rings. The molecule has 1 amide bonds. The molecule has 0 aliphatic heterocycles. The van der Waals surface area contributed by atoms with Crippen molar-refractivity contribution >= 4 is 17.5 Å². The van der Waals surface area contributed by atoms with Crippen LogP contribution in [0.2, 0.25) is 5.02 Å². The molecule has 0 unspecified atom stereocenters. The summed E-state index contributed by atoms with van der Waals surface area (Å²) in [5.41, 5.74) is 3.36. The van der Waals surface area contributed by atoms with Crippen molar-refractivity contribution in [2.75, 3.05) is 0 Å². The van der Waals surface area contributed by atoms with E-state index in [0.717, 1.165) is 35.3 Å². The lowest BCUT2D eigenvalue weighted by atomic mass is 10.1. The van der Waals surface area contributed by atoms with Gasteiger partial charge in [-0.25, -0.2) is 4.68 Å². The Labute approximate surface area is 184 Å². The van der Waals surface area contributed by atoms with Crippen LogP contribution in [0.25, 0.3) is 16.9 Å². The van der Waals surface area contributed by atoms with Crippen molar-refractivity contribution in [3.8, 4) is 16.9 Å². The molecule has 2 aromatic heterocycles. The van der Waals surface area contributed by atoms with Gasteiger partial charge in [0.2, 0.25) is 5.91 Å². The number of H-pyrrole nitrogens is 1. The third-order valence-corrected chi connectivity index (χ3v) is 5.12. The minimum atomic E-state index is -0.292. The van der Waals surface area contributed by atoms with Gasteiger partial charge in [0.15, 0.2) is 5.82 Å². The van der Waals surface area contributed by atoms with Gasteiger partial charge in [0.25, 0.3) is 0 Å². The molecule has 2 aromatic carbocycles. The highest BCUT2D eigenvalue weighted by Gasteiger charge is 2.20. The second-order valence-electron chi connectivity index (χ2n) is 7.15. The van der Waals surface area contributed by atoms with Crippen LogP contribution in [0.15, 0.2) is 60.8 Å². The Morgan fingerprint density at radius 3 is 2.61 bits per heavy atom. The third-order valence-electron chi connectivity index (χ3n) is 4.87. The highest BCUT2D eigenvalue weighted by Crippen LogP contribution is 2.26. The average molecular weight is 436 g/mol. The molecule has 8 nitrogen and oxygen atoms in total. The number of aromatic amines is 1. The summed E-state index contributed by atoms with van der Waals surface area (Å²) >= 11 is 6.05. The molecule has 4 aromatic rings. The fourth-order valence-electron chi connectivity index (χ4n) is 3.39. The highest BCUT2D eigenvalue weighted by molar-refractivity contribution is 6.30. The van der Waals surface area contributed by atoms with E-state index in [1.807, 2.05) is 67.7 Å². The van der Waals surface area contributed by atoms with Crippen LogP contribution >= 0.6 is 11.6 Å². The average Bonchev–Trinajstić information content (AvgIpc) is 3.45. The Kier molecular flexibility index (Phi) is 6.37. The van der Waals surface area contributed by atoms with Gasteiger partial charge in [0, 0.05) is 22.3 Å². The first-order valence-electron chi connectivity index (χ1n) is 10.1. The van der Waals surface area contributed by atoms with E-state index in [4.69, 9.17) is 16.7 Å². The van der Waals surface area contributed by atoms with Crippen LogP contribution in [0.5, 0.6) is 0 Å². The number of nitrogens with one attached hydrogen (secondary N) is 2. The quantitative estimate of drug-likeness (QED) is 0.437. The third kappa shape index (κ3) is 4.97. The number of halogens is 1. The smallest absolute Gasteiger partial charge is 0.225 e. The molecule has 1 atom stereocenters. The largest absolute Gasteiger partial charge is 0.346 e. The fourth-order valence-corrected chi connectivity index (χ4v) is 3.52. The van der Waals surface area contributed by atoms with Crippen molar-refractivity contribution in [3.63, 3.8) is 0 Å². The maximum absolute atomic E-state index is 12.9. The van der Waals surface area contributed by atoms with Crippen LogP contribution in [0, 0.1) is 0 Å². The maximum atomic E-state index is 12.9. The number of carbonyl (C=O) groups is 1. The van der Waals surface area contributed by atoms with Crippen LogP contribution in [-0.2, 0) is 11.2 Å². The lowest BCUT2D eigenvalue weighted by molar-refractivity contribution is -0.121. The van der Waals surface area contributed by atoms with E-state index < -0.39 is 0 Å². The molecule has 2 N–H and O–H groups in total. The summed E-state index contributed by atoms with van der Waals surface area (Å²) in [6.07, 6.45) is 3.66. The predicted octanol–water partition coefficient (Wildman–Crippen LogP) is 3.91. The molecule has 2 heterocycles. The number of para-hydroxylation sites is 1. The van der Waals surface area contributed by atoms with Crippen LogP contribution in [-0.4, -0.2) is 36.3 Å². The summed E-state index contributed by atoms with van der Waals surface area (Å²) in [6.45, 7) is 2.04. The minimum Gasteiger partial charge on any atom is -0.346 e. The van der Waals surface area contributed by atoms with Crippen molar-refractivity contribution < 1.29 is 4.79 Å². The van der Waals surface area contributed by atoms with Crippen LogP contribution < -0.4 is 5.32 Å². The topological polar surface area (TPSA) is 101 Å².